The van der Waals surface area contributed by atoms with E-state index in [0.29, 0.717) is 0 Å². The molecule has 0 amide bonds. The van der Waals surface area contributed by atoms with Crippen LogP contribution in [0.25, 0.3) is 0 Å². The van der Waals surface area contributed by atoms with E-state index < -0.39 is 44.1 Å². The van der Waals surface area contributed by atoms with Crippen LogP contribution in [0.5, 0.6) is 0 Å². The fraction of sp³-hybridized carbons (Fsp3) is 0.412. The first-order valence-electron chi connectivity index (χ1n) is 14.3. The van der Waals surface area contributed by atoms with E-state index in [1.165, 1.54) is 0 Å². The predicted octanol–water partition coefficient (Wildman–Crippen LogP) is 6.66. The number of rotatable bonds is 11. The zero-order valence-corrected chi connectivity index (χ0v) is 25.9. The number of benzene rings is 3. The van der Waals surface area contributed by atoms with E-state index in [1.54, 1.807) is 7.11 Å². The maximum absolute atomic E-state index is 7.14. The monoisotopic (exact) mass is 574 g/mol. The summed E-state index contributed by atoms with van der Waals surface area (Å²) in [5.41, 5.74) is 4.35. The van der Waals surface area contributed by atoms with E-state index in [1.807, 2.05) is 74.7 Å². The fourth-order valence-electron chi connectivity index (χ4n) is 5.60. The molecule has 0 aromatic heterocycles. The van der Waals surface area contributed by atoms with Crippen LogP contribution in [0.4, 0.5) is 0 Å². The molecule has 0 unspecified atom stereocenters. The molecule has 2 heterocycles. The summed E-state index contributed by atoms with van der Waals surface area (Å²) in [6.07, 6.45) is -0.467. The van der Waals surface area contributed by atoms with Crippen molar-refractivity contribution in [3.8, 4) is 0 Å². The van der Waals surface area contributed by atoms with E-state index in [0.717, 1.165) is 16.7 Å². The first-order chi connectivity index (χ1) is 19.6. The predicted molar refractivity (Wildman–Crippen MR) is 162 cm³/mol. The van der Waals surface area contributed by atoms with Crippen LogP contribution < -0.4 is 0 Å². The molecule has 0 spiro atoms. The van der Waals surface area contributed by atoms with Gasteiger partial charge in [0.2, 0.25) is 0 Å². The van der Waals surface area contributed by atoms with Gasteiger partial charge in [0.05, 0.1) is 20.9 Å². The summed E-state index contributed by atoms with van der Waals surface area (Å²) in [6, 6.07) is 31.0. The summed E-state index contributed by atoms with van der Waals surface area (Å²) < 4.78 is 38.3. The number of fused-ring (bicyclic) bond motifs is 1. The van der Waals surface area contributed by atoms with Gasteiger partial charge in [-0.2, -0.15) is 0 Å². The fourth-order valence-corrected chi connectivity index (χ4v) is 6.09. The number of hydrogen-bond acceptors (Lipinski definition) is 6. The van der Waals surface area contributed by atoms with E-state index in [2.05, 4.69) is 61.7 Å². The minimum atomic E-state index is -1.52. The molecular weight excluding hydrogens is 532 g/mol. The third-order valence-corrected chi connectivity index (χ3v) is 8.63. The molecule has 2 saturated heterocycles. The second-order valence-corrected chi connectivity index (χ2v) is 17.3. The van der Waals surface area contributed by atoms with Crippen LogP contribution in [0.15, 0.2) is 103 Å². The Bertz CT molecular complexity index is 1180. The van der Waals surface area contributed by atoms with Gasteiger partial charge in [-0.15, -0.1) is 0 Å². The molecule has 0 aliphatic carbocycles. The Kier molecular flexibility index (Phi) is 8.85. The van der Waals surface area contributed by atoms with E-state index in [9.17, 15) is 0 Å². The first-order valence-corrected chi connectivity index (χ1v) is 17.9. The summed E-state index contributed by atoms with van der Waals surface area (Å²) in [7, 11) is 0.161. The van der Waals surface area contributed by atoms with Crippen molar-refractivity contribution in [2.24, 2.45) is 0 Å². The number of methoxy groups -OCH3 is 1. The standard InChI is InChI=1S/C34H42O6Si/c1-33(2)39-31-30(35-3)29(38-32(31)40-33)28(36-22-23-41(4,5)6)24-37-34(25-16-10-7-11-17-25,26-18-12-8-13-19-26)27-20-14-9-15-21-27/h7-23,28-32H,24H2,1-6H3/b23-22+/t28-,29-,30+,31-,32-/m1/s1. The first kappa shape index (κ1) is 29.7. The largest absolute Gasteiger partial charge is 0.494 e. The van der Waals surface area contributed by atoms with Crippen molar-refractivity contribution in [1.82, 2.24) is 0 Å². The van der Waals surface area contributed by atoms with Crippen molar-refractivity contribution >= 4 is 8.07 Å². The van der Waals surface area contributed by atoms with Crippen molar-refractivity contribution in [2.45, 2.75) is 75.6 Å². The van der Waals surface area contributed by atoms with Gasteiger partial charge in [0.25, 0.3) is 0 Å². The van der Waals surface area contributed by atoms with Gasteiger partial charge in [-0.05, 0) is 30.5 Å². The molecule has 2 aliphatic heterocycles. The lowest BCUT2D eigenvalue weighted by Crippen LogP contribution is -2.46. The van der Waals surface area contributed by atoms with Crippen molar-refractivity contribution in [2.75, 3.05) is 13.7 Å². The molecular formula is C34H42O6Si. The SMILES string of the molecule is CO[C@@H]1[C@H]2OC(C)(C)O[C@H]2O[C@@H]1[C@@H](COC(c1ccccc1)(c1ccccc1)c1ccccc1)O/C=C/[Si](C)(C)C. The van der Waals surface area contributed by atoms with Gasteiger partial charge >= 0.3 is 0 Å². The molecule has 5 atom stereocenters. The van der Waals surface area contributed by atoms with Crippen LogP contribution in [0.3, 0.4) is 0 Å². The summed E-state index contributed by atoms with van der Waals surface area (Å²) >= 11 is 0. The third-order valence-electron chi connectivity index (χ3n) is 7.49. The van der Waals surface area contributed by atoms with Crippen LogP contribution in [-0.2, 0) is 34.0 Å². The van der Waals surface area contributed by atoms with E-state index >= 15 is 0 Å². The highest BCUT2D eigenvalue weighted by atomic mass is 28.3. The molecule has 0 radical (unpaired) electrons. The normalized spacial score (nSPS) is 24.8. The molecule has 3 aromatic carbocycles. The molecule has 0 saturated carbocycles. The van der Waals surface area contributed by atoms with Gasteiger partial charge in [-0.1, -0.05) is 116 Å². The quantitative estimate of drug-likeness (QED) is 0.145. The number of hydrogen-bond donors (Lipinski definition) is 0. The average molecular weight is 575 g/mol. The highest BCUT2D eigenvalue weighted by Gasteiger charge is 2.57. The lowest BCUT2D eigenvalue weighted by Gasteiger charge is -2.38. The van der Waals surface area contributed by atoms with Gasteiger partial charge in [0.1, 0.15) is 30.0 Å². The summed E-state index contributed by atoms with van der Waals surface area (Å²) in [6.45, 7) is 10.8. The van der Waals surface area contributed by atoms with Gasteiger partial charge < -0.3 is 28.4 Å². The van der Waals surface area contributed by atoms with Crippen LogP contribution in [0.2, 0.25) is 19.6 Å². The van der Waals surface area contributed by atoms with Crippen molar-refractivity contribution in [1.29, 1.82) is 0 Å². The highest BCUT2D eigenvalue weighted by Crippen LogP contribution is 2.43. The zero-order chi connectivity index (χ0) is 29.1. The van der Waals surface area contributed by atoms with Crippen LogP contribution in [0.1, 0.15) is 30.5 Å². The van der Waals surface area contributed by atoms with Crippen LogP contribution >= 0.6 is 0 Å². The Labute approximate surface area is 245 Å². The summed E-state index contributed by atoms with van der Waals surface area (Å²) in [4.78, 5) is 0. The topological polar surface area (TPSA) is 55.4 Å². The molecule has 0 bridgehead atoms. The molecule has 6 nitrogen and oxygen atoms in total. The lowest BCUT2D eigenvalue weighted by atomic mass is 9.80. The maximum Gasteiger partial charge on any atom is 0.190 e. The minimum absolute atomic E-state index is 0.224. The molecule has 218 valence electrons. The van der Waals surface area contributed by atoms with Crippen molar-refractivity contribution in [3.05, 3.63) is 120 Å². The third kappa shape index (κ3) is 6.51. The highest BCUT2D eigenvalue weighted by molar-refractivity contribution is 6.80. The van der Waals surface area contributed by atoms with Gasteiger partial charge in [-0.25, -0.2) is 0 Å². The Balaban J connectivity index is 1.54. The van der Waals surface area contributed by atoms with E-state index in [-0.39, 0.29) is 12.7 Å². The second-order valence-electron chi connectivity index (χ2n) is 12.2. The van der Waals surface area contributed by atoms with Crippen molar-refractivity contribution in [3.63, 3.8) is 0 Å². The summed E-state index contributed by atoms with van der Waals surface area (Å²) in [5.74, 6) is -0.745. The van der Waals surface area contributed by atoms with Crippen LogP contribution in [0, 0.1) is 0 Å². The Morgan fingerprint density at radius 1 is 0.829 bits per heavy atom. The van der Waals surface area contributed by atoms with Crippen molar-refractivity contribution < 1.29 is 28.4 Å². The molecule has 2 aliphatic rings. The number of ether oxygens (including phenoxy) is 6. The van der Waals surface area contributed by atoms with Gasteiger partial charge in [0.15, 0.2) is 12.1 Å². The summed E-state index contributed by atoms with van der Waals surface area (Å²) in [5, 5.41) is 0. The molecule has 2 fully saturated rings. The van der Waals surface area contributed by atoms with E-state index in [4.69, 9.17) is 28.4 Å². The second kappa shape index (κ2) is 12.2. The average Bonchev–Trinajstić information content (AvgIpc) is 3.44. The Morgan fingerprint density at radius 2 is 1.34 bits per heavy atom. The van der Waals surface area contributed by atoms with Gasteiger partial charge in [0, 0.05) is 7.11 Å². The maximum atomic E-state index is 7.14. The Hall–Kier alpha value is -2.78. The molecule has 7 heteroatoms. The minimum Gasteiger partial charge on any atom is -0.494 e. The molecule has 41 heavy (non-hydrogen) atoms. The van der Waals surface area contributed by atoms with Crippen LogP contribution in [-0.4, -0.2) is 58.3 Å². The smallest absolute Gasteiger partial charge is 0.190 e. The lowest BCUT2D eigenvalue weighted by molar-refractivity contribution is -0.232. The molecule has 3 aromatic rings. The molecule has 5 rings (SSSR count). The zero-order valence-electron chi connectivity index (χ0n) is 24.9. The Morgan fingerprint density at radius 3 is 1.80 bits per heavy atom. The van der Waals surface area contributed by atoms with Gasteiger partial charge in [-0.3, -0.25) is 0 Å². The molecule has 0 N–H and O–H groups in total.